The Morgan fingerprint density at radius 1 is 1.00 bits per heavy atom. The molecule has 0 aromatic heterocycles. The van der Waals surface area contributed by atoms with E-state index in [1.165, 1.54) is 27.8 Å². The van der Waals surface area contributed by atoms with E-state index in [9.17, 15) is 0 Å². The van der Waals surface area contributed by atoms with Crippen LogP contribution < -0.4 is 19.5 Å². The van der Waals surface area contributed by atoms with E-state index in [-0.39, 0.29) is 0 Å². The second-order valence-corrected chi connectivity index (χ2v) is 6.04. The van der Waals surface area contributed by atoms with Crippen LogP contribution in [0.2, 0.25) is 0 Å². The van der Waals surface area contributed by atoms with Crippen molar-refractivity contribution in [3.8, 4) is 28.4 Å². The maximum atomic E-state index is 5.74. The van der Waals surface area contributed by atoms with Gasteiger partial charge in [-0.1, -0.05) is 6.07 Å². The first kappa shape index (κ1) is 14.4. The molecule has 23 heavy (non-hydrogen) atoms. The fourth-order valence-electron chi connectivity index (χ4n) is 3.92. The van der Waals surface area contributed by atoms with Gasteiger partial charge in [-0.2, -0.15) is 0 Å². The van der Waals surface area contributed by atoms with E-state index in [1.807, 2.05) is 6.07 Å². The van der Waals surface area contributed by atoms with Crippen LogP contribution in [0.3, 0.4) is 0 Å². The number of benzene rings is 2. The van der Waals surface area contributed by atoms with E-state index in [0.29, 0.717) is 6.04 Å². The van der Waals surface area contributed by atoms with E-state index in [1.54, 1.807) is 21.3 Å². The third kappa shape index (κ3) is 2.09. The summed E-state index contributed by atoms with van der Waals surface area (Å²) < 4.78 is 16.7. The molecule has 2 aliphatic rings. The van der Waals surface area contributed by atoms with Crippen molar-refractivity contribution in [1.82, 2.24) is 5.32 Å². The number of nitrogens with one attached hydrogen (secondary N) is 1. The number of hydrogen-bond acceptors (Lipinski definition) is 4. The molecule has 4 rings (SSSR count). The summed E-state index contributed by atoms with van der Waals surface area (Å²) >= 11 is 0. The second-order valence-electron chi connectivity index (χ2n) is 6.04. The Hall–Kier alpha value is -2.20. The molecule has 2 aromatic carbocycles. The third-order valence-corrected chi connectivity index (χ3v) is 4.93. The molecule has 4 heteroatoms. The van der Waals surface area contributed by atoms with E-state index < -0.39 is 0 Å². The maximum Gasteiger partial charge on any atom is 0.168 e. The molecule has 1 aliphatic heterocycles. The summed E-state index contributed by atoms with van der Waals surface area (Å²) in [5.74, 6) is 2.53. The number of fused-ring (bicyclic) bond motifs is 2. The maximum absolute atomic E-state index is 5.74. The summed E-state index contributed by atoms with van der Waals surface area (Å²) in [5.41, 5.74) is 6.41. The topological polar surface area (TPSA) is 39.7 Å². The van der Waals surface area contributed by atoms with Gasteiger partial charge in [0.1, 0.15) is 5.75 Å². The average Bonchev–Trinajstić information content (AvgIpc) is 2.60. The normalized spacial score (nSPS) is 18.0. The van der Waals surface area contributed by atoms with Crippen molar-refractivity contribution in [2.45, 2.75) is 18.9 Å². The molecule has 1 aliphatic carbocycles. The molecule has 0 saturated heterocycles. The van der Waals surface area contributed by atoms with Crippen LogP contribution in [0.4, 0.5) is 0 Å². The van der Waals surface area contributed by atoms with Gasteiger partial charge in [-0.15, -0.1) is 0 Å². The highest BCUT2D eigenvalue weighted by molar-refractivity contribution is 5.83. The van der Waals surface area contributed by atoms with Crippen molar-refractivity contribution >= 4 is 0 Å². The zero-order valence-corrected chi connectivity index (χ0v) is 13.7. The quantitative estimate of drug-likeness (QED) is 0.945. The zero-order chi connectivity index (χ0) is 16.0. The molecular weight excluding hydrogens is 290 g/mol. The molecule has 2 aromatic rings. The van der Waals surface area contributed by atoms with Crippen LogP contribution >= 0.6 is 0 Å². The van der Waals surface area contributed by atoms with Gasteiger partial charge in [0.2, 0.25) is 0 Å². The van der Waals surface area contributed by atoms with E-state index >= 15 is 0 Å². The molecule has 1 N–H and O–H groups in total. The predicted octanol–water partition coefficient (Wildman–Crippen LogP) is 3.12. The van der Waals surface area contributed by atoms with Crippen molar-refractivity contribution < 1.29 is 14.2 Å². The Kier molecular flexibility index (Phi) is 3.42. The lowest BCUT2D eigenvalue weighted by Crippen LogP contribution is -2.33. The highest BCUT2D eigenvalue weighted by Gasteiger charge is 2.33. The van der Waals surface area contributed by atoms with Crippen LogP contribution in [-0.2, 0) is 12.8 Å². The molecule has 0 saturated carbocycles. The van der Waals surface area contributed by atoms with Crippen LogP contribution in [0.5, 0.6) is 17.2 Å². The van der Waals surface area contributed by atoms with Crippen molar-refractivity contribution in [2.24, 2.45) is 0 Å². The zero-order valence-electron chi connectivity index (χ0n) is 13.7. The minimum atomic E-state index is 0.327. The van der Waals surface area contributed by atoms with Crippen molar-refractivity contribution in [3.05, 3.63) is 41.0 Å². The van der Waals surface area contributed by atoms with E-state index in [2.05, 4.69) is 23.5 Å². The largest absolute Gasteiger partial charge is 0.497 e. The summed E-state index contributed by atoms with van der Waals surface area (Å²) in [6.45, 7) is 0.992. The standard InChI is InChI=1S/C19H21NO3/c1-21-13-4-5-14-12(8-13)9-15-17-11(6-7-20-15)10-16(22-2)19(23-3)18(14)17/h4-5,8,10,15,20H,6-7,9H2,1-3H3. The lowest BCUT2D eigenvalue weighted by atomic mass is 9.77. The molecular formula is C19H21NO3. The van der Waals surface area contributed by atoms with E-state index in [0.717, 1.165) is 36.6 Å². The van der Waals surface area contributed by atoms with Gasteiger partial charge in [-0.3, -0.25) is 0 Å². The molecule has 1 atom stereocenters. The first-order chi connectivity index (χ1) is 11.3. The first-order valence-electron chi connectivity index (χ1n) is 7.95. The summed E-state index contributed by atoms with van der Waals surface area (Å²) in [6, 6.07) is 8.75. The predicted molar refractivity (Wildman–Crippen MR) is 89.7 cm³/mol. The van der Waals surface area contributed by atoms with E-state index in [4.69, 9.17) is 14.2 Å². The van der Waals surface area contributed by atoms with Crippen LogP contribution in [0, 0.1) is 0 Å². The van der Waals surface area contributed by atoms with Crippen LogP contribution in [0.15, 0.2) is 24.3 Å². The molecule has 1 heterocycles. The van der Waals surface area contributed by atoms with Crippen LogP contribution in [-0.4, -0.2) is 27.9 Å². The van der Waals surface area contributed by atoms with Gasteiger partial charge in [0.05, 0.1) is 21.3 Å². The number of hydrogen-bond donors (Lipinski definition) is 1. The van der Waals surface area contributed by atoms with Gasteiger partial charge in [-0.05, 0) is 59.8 Å². The highest BCUT2D eigenvalue weighted by Crippen LogP contribution is 2.51. The third-order valence-electron chi connectivity index (χ3n) is 4.93. The van der Waals surface area contributed by atoms with Gasteiger partial charge in [-0.25, -0.2) is 0 Å². The first-order valence-corrected chi connectivity index (χ1v) is 7.95. The van der Waals surface area contributed by atoms with Gasteiger partial charge < -0.3 is 19.5 Å². The van der Waals surface area contributed by atoms with Gasteiger partial charge in [0, 0.05) is 11.6 Å². The summed E-state index contributed by atoms with van der Waals surface area (Å²) in [7, 11) is 5.12. The molecule has 0 amide bonds. The summed E-state index contributed by atoms with van der Waals surface area (Å²) in [5, 5.41) is 3.65. The Balaban J connectivity index is 2.03. The lowest BCUT2D eigenvalue weighted by Gasteiger charge is -2.35. The number of rotatable bonds is 3. The minimum Gasteiger partial charge on any atom is -0.497 e. The van der Waals surface area contributed by atoms with Crippen molar-refractivity contribution in [1.29, 1.82) is 0 Å². The molecule has 0 fully saturated rings. The fourth-order valence-corrected chi connectivity index (χ4v) is 3.92. The number of methoxy groups -OCH3 is 3. The number of ether oxygens (including phenoxy) is 3. The van der Waals surface area contributed by atoms with Crippen molar-refractivity contribution in [3.63, 3.8) is 0 Å². The SMILES string of the molecule is COc1ccc2c(c1)CC1NCCc3cc(OC)c(OC)c-2c31. The molecule has 0 bridgehead atoms. The Morgan fingerprint density at radius 2 is 1.87 bits per heavy atom. The molecule has 4 nitrogen and oxygen atoms in total. The van der Waals surface area contributed by atoms with Gasteiger partial charge in [0.15, 0.2) is 11.5 Å². The second kappa shape index (κ2) is 5.46. The lowest BCUT2D eigenvalue weighted by molar-refractivity contribution is 0.353. The van der Waals surface area contributed by atoms with Crippen molar-refractivity contribution in [2.75, 3.05) is 27.9 Å². The monoisotopic (exact) mass is 311 g/mol. The Bertz CT molecular complexity index is 770. The molecule has 1 unspecified atom stereocenters. The minimum absolute atomic E-state index is 0.327. The molecule has 0 radical (unpaired) electrons. The van der Waals surface area contributed by atoms with Crippen LogP contribution in [0.25, 0.3) is 11.1 Å². The highest BCUT2D eigenvalue weighted by atomic mass is 16.5. The van der Waals surface area contributed by atoms with Crippen LogP contribution in [0.1, 0.15) is 22.7 Å². The Morgan fingerprint density at radius 3 is 2.61 bits per heavy atom. The average molecular weight is 311 g/mol. The summed E-state index contributed by atoms with van der Waals surface area (Å²) in [4.78, 5) is 0. The molecule has 0 spiro atoms. The summed E-state index contributed by atoms with van der Waals surface area (Å²) in [6.07, 6.45) is 1.99. The van der Waals surface area contributed by atoms with Gasteiger partial charge in [0.25, 0.3) is 0 Å². The molecule has 120 valence electrons. The van der Waals surface area contributed by atoms with Gasteiger partial charge >= 0.3 is 0 Å². The smallest absolute Gasteiger partial charge is 0.168 e. The fraction of sp³-hybridized carbons (Fsp3) is 0.368. The Labute approximate surface area is 136 Å².